The minimum Gasteiger partial charge on any atom is -0.355 e. The zero-order valence-electron chi connectivity index (χ0n) is 23.1. The number of benzene rings is 4. The molecule has 7 nitrogen and oxygen atoms in total. The molecule has 1 N–H and O–H groups in total. The molecule has 0 heterocycles. The molecule has 0 aliphatic carbocycles. The number of likely N-dealkylation sites (N-methyl/N-ethyl adjacent to an activating group) is 2. The van der Waals surface area contributed by atoms with Gasteiger partial charge in [-0.05, 0) is 53.4 Å². The number of aryl methyl sites for hydroxylation is 1. The highest BCUT2D eigenvalue weighted by Gasteiger charge is 2.33. The second kappa shape index (κ2) is 12.9. The third-order valence-electron chi connectivity index (χ3n) is 7.01. The molecule has 1 unspecified atom stereocenters. The topological polar surface area (TPSA) is 86.8 Å². The van der Waals surface area contributed by atoms with E-state index in [9.17, 15) is 18.0 Å². The Bertz CT molecular complexity index is 1590. The smallest absolute Gasteiger partial charge is 0.243 e. The van der Waals surface area contributed by atoms with Crippen molar-refractivity contribution in [3.05, 3.63) is 114 Å². The second-order valence-corrected chi connectivity index (χ2v) is 11.9. The van der Waals surface area contributed by atoms with E-state index in [0.717, 1.165) is 31.8 Å². The minimum atomic E-state index is -3.97. The maximum atomic E-state index is 13.9. The monoisotopic (exact) mass is 557 g/mol. The zero-order valence-corrected chi connectivity index (χ0v) is 23.9. The molecule has 0 fully saturated rings. The van der Waals surface area contributed by atoms with Crippen LogP contribution in [0.4, 0.5) is 0 Å². The van der Waals surface area contributed by atoms with Crippen molar-refractivity contribution in [1.82, 2.24) is 14.5 Å². The van der Waals surface area contributed by atoms with Crippen molar-refractivity contribution in [2.75, 3.05) is 20.1 Å². The van der Waals surface area contributed by atoms with E-state index in [-0.39, 0.29) is 17.3 Å². The first-order valence-corrected chi connectivity index (χ1v) is 14.8. The van der Waals surface area contributed by atoms with E-state index in [1.807, 2.05) is 92.7 Å². The first-order valence-electron chi connectivity index (χ1n) is 13.3. The quantitative estimate of drug-likeness (QED) is 0.293. The van der Waals surface area contributed by atoms with Crippen molar-refractivity contribution >= 4 is 32.6 Å². The lowest BCUT2D eigenvalue weighted by Crippen LogP contribution is -2.53. The van der Waals surface area contributed by atoms with Gasteiger partial charge in [0.25, 0.3) is 0 Å². The van der Waals surface area contributed by atoms with Gasteiger partial charge in [-0.2, -0.15) is 4.31 Å². The Hall–Kier alpha value is -4.01. The van der Waals surface area contributed by atoms with Crippen LogP contribution in [0.1, 0.15) is 23.6 Å². The fourth-order valence-corrected chi connectivity index (χ4v) is 5.85. The summed E-state index contributed by atoms with van der Waals surface area (Å²) in [5.74, 6) is -0.740. The molecule has 0 aliphatic heterocycles. The standard InChI is InChI=1S/C32H35N3O4S/c1-4-33-32(37)30(20-25-13-6-5-7-14-25)35(22-28-17-9-8-12-24(28)2)31(36)23-34(3)40(38,39)29-19-18-26-15-10-11-16-27(26)21-29/h5-19,21,30H,4,20,22-23H2,1-3H3,(H,33,37). The molecule has 4 aromatic rings. The maximum Gasteiger partial charge on any atom is 0.243 e. The molecule has 2 amide bonds. The average molecular weight is 558 g/mol. The summed E-state index contributed by atoms with van der Waals surface area (Å²) in [5.41, 5.74) is 2.77. The number of carbonyl (C=O) groups is 2. The van der Waals surface area contributed by atoms with Gasteiger partial charge in [-0.3, -0.25) is 9.59 Å². The van der Waals surface area contributed by atoms with Crippen LogP contribution in [0.15, 0.2) is 102 Å². The molecule has 0 saturated heterocycles. The molecule has 0 spiro atoms. The van der Waals surface area contributed by atoms with Crippen molar-refractivity contribution in [3.63, 3.8) is 0 Å². The summed E-state index contributed by atoms with van der Waals surface area (Å²) in [5, 5.41) is 4.58. The van der Waals surface area contributed by atoms with Gasteiger partial charge in [-0.15, -0.1) is 0 Å². The molecule has 4 rings (SSSR count). The molecule has 0 aliphatic rings. The summed E-state index contributed by atoms with van der Waals surface area (Å²) in [4.78, 5) is 28.9. The Morgan fingerprint density at radius 1 is 0.850 bits per heavy atom. The fourth-order valence-electron chi connectivity index (χ4n) is 4.69. The van der Waals surface area contributed by atoms with E-state index in [0.29, 0.717) is 13.0 Å². The molecule has 40 heavy (non-hydrogen) atoms. The van der Waals surface area contributed by atoms with E-state index in [1.165, 1.54) is 11.9 Å². The highest BCUT2D eigenvalue weighted by atomic mass is 32.2. The number of amides is 2. The predicted octanol–water partition coefficient (Wildman–Crippen LogP) is 4.54. The summed E-state index contributed by atoms with van der Waals surface area (Å²) in [6.45, 7) is 3.95. The molecular formula is C32H35N3O4S. The van der Waals surface area contributed by atoms with Crippen LogP contribution in [0.25, 0.3) is 10.8 Å². The molecule has 1 atom stereocenters. The van der Waals surface area contributed by atoms with E-state index in [4.69, 9.17) is 0 Å². The number of sulfonamides is 1. The largest absolute Gasteiger partial charge is 0.355 e. The van der Waals surface area contributed by atoms with E-state index < -0.39 is 28.5 Å². The van der Waals surface area contributed by atoms with Crippen molar-refractivity contribution < 1.29 is 18.0 Å². The zero-order chi connectivity index (χ0) is 28.7. The molecule has 208 valence electrons. The van der Waals surface area contributed by atoms with Crippen LogP contribution in [-0.4, -0.2) is 55.6 Å². The van der Waals surface area contributed by atoms with Gasteiger partial charge in [-0.25, -0.2) is 8.42 Å². The number of nitrogens with zero attached hydrogens (tertiary/aromatic N) is 2. The molecular weight excluding hydrogens is 522 g/mol. The van der Waals surface area contributed by atoms with Crippen molar-refractivity contribution in [2.45, 2.75) is 37.8 Å². The number of nitrogens with one attached hydrogen (secondary N) is 1. The van der Waals surface area contributed by atoms with Crippen LogP contribution in [0.2, 0.25) is 0 Å². The normalized spacial score (nSPS) is 12.3. The number of hydrogen-bond acceptors (Lipinski definition) is 4. The van der Waals surface area contributed by atoms with Crippen molar-refractivity contribution in [3.8, 4) is 0 Å². The Morgan fingerprint density at radius 3 is 2.20 bits per heavy atom. The summed E-state index contributed by atoms with van der Waals surface area (Å²) >= 11 is 0. The van der Waals surface area contributed by atoms with Gasteiger partial charge in [0.1, 0.15) is 6.04 Å². The van der Waals surface area contributed by atoms with Gasteiger partial charge >= 0.3 is 0 Å². The number of fused-ring (bicyclic) bond motifs is 1. The Labute approximate surface area is 236 Å². The van der Waals surface area contributed by atoms with Gasteiger partial charge in [0, 0.05) is 26.6 Å². The molecule has 0 aromatic heterocycles. The van der Waals surface area contributed by atoms with Crippen LogP contribution in [0.3, 0.4) is 0 Å². The van der Waals surface area contributed by atoms with Crippen molar-refractivity contribution in [2.24, 2.45) is 0 Å². The van der Waals surface area contributed by atoms with Crippen LogP contribution >= 0.6 is 0 Å². The highest BCUT2D eigenvalue weighted by molar-refractivity contribution is 7.89. The van der Waals surface area contributed by atoms with Crippen molar-refractivity contribution in [1.29, 1.82) is 0 Å². The van der Waals surface area contributed by atoms with E-state index >= 15 is 0 Å². The number of hydrogen-bond donors (Lipinski definition) is 1. The van der Waals surface area contributed by atoms with Crippen LogP contribution in [-0.2, 0) is 32.6 Å². The first-order chi connectivity index (χ1) is 19.2. The van der Waals surface area contributed by atoms with Gasteiger partial charge in [0.15, 0.2) is 0 Å². The number of carbonyl (C=O) groups excluding carboxylic acids is 2. The van der Waals surface area contributed by atoms with Gasteiger partial charge in [0.2, 0.25) is 21.8 Å². The molecule has 4 aromatic carbocycles. The van der Waals surface area contributed by atoms with Crippen LogP contribution < -0.4 is 5.32 Å². The van der Waals surface area contributed by atoms with Gasteiger partial charge in [-0.1, -0.05) is 84.9 Å². The summed E-state index contributed by atoms with van der Waals surface area (Å²) in [6, 6.07) is 28.8. The average Bonchev–Trinajstić information content (AvgIpc) is 2.96. The van der Waals surface area contributed by atoms with E-state index in [2.05, 4.69) is 5.32 Å². The van der Waals surface area contributed by atoms with Crippen LogP contribution in [0, 0.1) is 6.92 Å². The SMILES string of the molecule is CCNC(=O)C(Cc1ccccc1)N(Cc1ccccc1C)C(=O)CN(C)S(=O)(=O)c1ccc2ccccc2c1. The second-order valence-electron chi connectivity index (χ2n) is 9.82. The third kappa shape index (κ3) is 6.76. The number of rotatable bonds is 11. The van der Waals surface area contributed by atoms with Gasteiger partial charge < -0.3 is 10.2 Å². The van der Waals surface area contributed by atoms with E-state index in [1.54, 1.807) is 18.2 Å². The lowest BCUT2D eigenvalue weighted by atomic mass is 10.0. The Morgan fingerprint density at radius 2 is 1.50 bits per heavy atom. The molecule has 0 bridgehead atoms. The Balaban J connectivity index is 1.67. The molecule has 8 heteroatoms. The minimum absolute atomic E-state index is 0.108. The summed E-state index contributed by atoms with van der Waals surface area (Å²) < 4.78 is 28.1. The Kier molecular flexibility index (Phi) is 9.34. The third-order valence-corrected chi connectivity index (χ3v) is 8.81. The fraction of sp³-hybridized carbons (Fsp3) is 0.250. The summed E-state index contributed by atoms with van der Waals surface area (Å²) in [6.07, 6.45) is 0.297. The lowest BCUT2D eigenvalue weighted by molar-refractivity contribution is -0.141. The predicted molar refractivity (Wildman–Crippen MR) is 158 cm³/mol. The first kappa shape index (κ1) is 29.0. The lowest BCUT2D eigenvalue weighted by Gasteiger charge is -2.33. The highest BCUT2D eigenvalue weighted by Crippen LogP contribution is 2.22. The van der Waals surface area contributed by atoms with Gasteiger partial charge in [0.05, 0.1) is 11.4 Å². The molecule has 0 radical (unpaired) electrons. The maximum absolute atomic E-state index is 13.9. The molecule has 0 saturated carbocycles. The summed E-state index contributed by atoms with van der Waals surface area (Å²) in [7, 11) is -2.57. The van der Waals surface area contributed by atoms with Crippen LogP contribution in [0.5, 0.6) is 0 Å².